The fourth-order valence-corrected chi connectivity index (χ4v) is 3.08. The molecule has 1 atom stereocenters. The highest BCUT2D eigenvalue weighted by atomic mass is 35.5. The van der Waals surface area contributed by atoms with Crippen molar-refractivity contribution in [2.45, 2.75) is 24.0 Å². The highest BCUT2D eigenvalue weighted by Crippen LogP contribution is 2.25. The molecule has 0 aliphatic carbocycles. The van der Waals surface area contributed by atoms with Gasteiger partial charge in [-0.1, -0.05) is 11.6 Å². The summed E-state index contributed by atoms with van der Waals surface area (Å²) in [5.74, 6) is -0.935. The number of sulfone groups is 1. The summed E-state index contributed by atoms with van der Waals surface area (Å²) >= 11 is 5.71. The normalized spacial score (nSPS) is 12.5. The predicted octanol–water partition coefficient (Wildman–Crippen LogP) is 0.930. The van der Waals surface area contributed by atoms with Gasteiger partial charge >= 0.3 is 6.03 Å². The molecule has 7 nitrogen and oxygen atoms in total. The number of carbonyl (C=O) groups is 2. The van der Waals surface area contributed by atoms with E-state index >= 15 is 0 Å². The maximum absolute atomic E-state index is 12.3. The van der Waals surface area contributed by atoms with Crippen molar-refractivity contribution in [2.24, 2.45) is 0 Å². The second-order valence-corrected chi connectivity index (χ2v) is 6.89. The number of nitrogens with two attached hydrogens (primary N) is 1. The Labute approximate surface area is 127 Å². The standard InChI is InChI=1S/C12H16ClN3O4S/c1-3-15-12(18)16-11(17)7(2)21(19,20)10-5-4-8(13)6-9(10)14/h4-7H,3,14H2,1-2H3,(H2,15,16,17,18). The molecule has 0 aliphatic heterocycles. The molecular formula is C12H16ClN3O4S. The predicted molar refractivity (Wildman–Crippen MR) is 79.7 cm³/mol. The minimum absolute atomic E-state index is 0.0554. The molecule has 116 valence electrons. The number of halogens is 1. The SMILES string of the molecule is CCNC(=O)NC(=O)C(C)S(=O)(=O)c1ccc(Cl)cc1N. The topological polar surface area (TPSA) is 118 Å². The lowest BCUT2D eigenvalue weighted by atomic mass is 10.3. The first-order valence-corrected chi connectivity index (χ1v) is 8.00. The Hall–Kier alpha value is -1.80. The Morgan fingerprint density at radius 3 is 2.52 bits per heavy atom. The summed E-state index contributed by atoms with van der Waals surface area (Å²) < 4.78 is 24.7. The van der Waals surface area contributed by atoms with Crippen LogP contribution >= 0.6 is 11.6 Å². The van der Waals surface area contributed by atoms with Crippen molar-refractivity contribution in [1.82, 2.24) is 10.6 Å². The molecule has 1 aromatic rings. The number of anilines is 1. The Kier molecular flexibility index (Phi) is 5.56. The van der Waals surface area contributed by atoms with Crippen LogP contribution in [0.4, 0.5) is 10.5 Å². The molecule has 1 unspecified atom stereocenters. The third kappa shape index (κ3) is 4.08. The molecule has 1 aromatic carbocycles. The molecule has 9 heteroatoms. The van der Waals surface area contributed by atoms with Crippen LogP contribution in [0.15, 0.2) is 23.1 Å². The van der Waals surface area contributed by atoms with Crippen LogP contribution in [0.25, 0.3) is 0 Å². The molecule has 0 saturated heterocycles. The third-order valence-corrected chi connectivity index (χ3v) is 5.05. The van der Waals surface area contributed by atoms with Gasteiger partial charge in [-0.3, -0.25) is 10.1 Å². The molecule has 0 saturated carbocycles. The first-order chi connectivity index (χ1) is 9.70. The number of imide groups is 1. The lowest BCUT2D eigenvalue weighted by Gasteiger charge is -2.14. The average Bonchev–Trinajstić information content (AvgIpc) is 2.37. The van der Waals surface area contributed by atoms with Crippen molar-refractivity contribution < 1.29 is 18.0 Å². The summed E-state index contributed by atoms with van der Waals surface area (Å²) in [6.07, 6.45) is 0. The van der Waals surface area contributed by atoms with Gasteiger partial charge in [0.1, 0.15) is 5.25 Å². The van der Waals surface area contributed by atoms with Gasteiger partial charge in [-0.2, -0.15) is 0 Å². The van der Waals surface area contributed by atoms with Crippen LogP contribution in [0.5, 0.6) is 0 Å². The number of nitrogen functional groups attached to an aromatic ring is 1. The molecule has 0 radical (unpaired) electrons. The van der Waals surface area contributed by atoms with Crippen molar-refractivity contribution in [3.63, 3.8) is 0 Å². The monoisotopic (exact) mass is 333 g/mol. The number of carbonyl (C=O) groups excluding carboxylic acids is 2. The highest BCUT2D eigenvalue weighted by Gasteiger charge is 2.32. The maximum Gasteiger partial charge on any atom is 0.321 e. The van der Waals surface area contributed by atoms with E-state index in [4.69, 9.17) is 17.3 Å². The van der Waals surface area contributed by atoms with E-state index in [1.54, 1.807) is 6.92 Å². The van der Waals surface area contributed by atoms with Gasteiger partial charge in [0.2, 0.25) is 5.91 Å². The van der Waals surface area contributed by atoms with Gasteiger partial charge in [0.15, 0.2) is 9.84 Å². The summed E-state index contributed by atoms with van der Waals surface area (Å²) in [5, 5.41) is 3.10. The fraction of sp³-hybridized carbons (Fsp3) is 0.333. The van der Waals surface area contributed by atoms with Crippen molar-refractivity contribution in [2.75, 3.05) is 12.3 Å². The van der Waals surface area contributed by atoms with Gasteiger partial charge in [-0.05, 0) is 32.0 Å². The minimum atomic E-state index is -4.02. The zero-order valence-electron chi connectivity index (χ0n) is 11.5. The van der Waals surface area contributed by atoms with Crippen LogP contribution in [0, 0.1) is 0 Å². The number of hydrogen-bond acceptors (Lipinski definition) is 5. The third-order valence-electron chi connectivity index (χ3n) is 2.69. The van der Waals surface area contributed by atoms with E-state index in [0.717, 1.165) is 0 Å². The number of amides is 3. The van der Waals surface area contributed by atoms with Gasteiger partial charge in [0, 0.05) is 11.6 Å². The van der Waals surface area contributed by atoms with Gasteiger partial charge < -0.3 is 11.1 Å². The van der Waals surface area contributed by atoms with E-state index in [2.05, 4.69) is 5.32 Å². The number of nitrogens with one attached hydrogen (secondary N) is 2. The lowest BCUT2D eigenvalue weighted by molar-refractivity contribution is -0.119. The Balaban J connectivity index is 3.01. The zero-order valence-corrected chi connectivity index (χ0v) is 13.1. The van der Waals surface area contributed by atoms with Crippen molar-refractivity contribution in [3.05, 3.63) is 23.2 Å². The minimum Gasteiger partial charge on any atom is -0.398 e. The number of urea groups is 1. The molecule has 0 fully saturated rings. The van der Waals surface area contributed by atoms with Crippen LogP contribution in [0.2, 0.25) is 5.02 Å². The number of hydrogen-bond donors (Lipinski definition) is 3. The quantitative estimate of drug-likeness (QED) is 0.708. The summed E-state index contributed by atoms with van der Waals surface area (Å²) in [6, 6.07) is 3.11. The fourth-order valence-electron chi connectivity index (χ4n) is 1.53. The summed E-state index contributed by atoms with van der Waals surface area (Å²) in [6.45, 7) is 3.15. The van der Waals surface area contributed by atoms with Gasteiger partial charge in [-0.25, -0.2) is 13.2 Å². The zero-order chi connectivity index (χ0) is 16.2. The van der Waals surface area contributed by atoms with Gasteiger partial charge in [0.25, 0.3) is 0 Å². The van der Waals surface area contributed by atoms with E-state index < -0.39 is 27.0 Å². The molecule has 4 N–H and O–H groups in total. The number of rotatable bonds is 4. The van der Waals surface area contributed by atoms with Crippen LogP contribution in [0.3, 0.4) is 0 Å². The van der Waals surface area contributed by atoms with Crippen molar-refractivity contribution >= 4 is 39.1 Å². The number of benzene rings is 1. The molecule has 0 aromatic heterocycles. The lowest BCUT2D eigenvalue weighted by Crippen LogP contribution is -2.45. The smallest absolute Gasteiger partial charge is 0.321 e. The van der Waals surface area contributed by atoms with E-state index in [9.17, 15) is 18.0 Å². The average molecular weight is 334 g/mol. The van der Waals surface area contributed by atoms with E-state index in [-0.39, 0.29) is 15.6 Å². The first kappa shape index (κ1) is 17.3. The van der Waals surface area contributed by atoms with E-state index in [0.29, 0.717) is 6.54 Å². The summed E-state index contributed by atoms with van der Waals surface area (Å²) in [7, 11) is -4.02. The van der Waals surface area contributed by atoms with E-state index in [1.165, 1.54) is 25.1 Å². The van der Waals surface area contributed by atoms with Crippen LogP contribution in [-0.2, 0) is 14.6 Å². The molecule has 0 bridgehead atoms. The first-order valence-electron chi connectivity index (χ1n) is 6.07. The van der Waals surface area contributed by atoms with Crippen LogP contribution in [0.1, 0.15) is 13.8 Å². The largest absolute Gasteiger partial charge is 0.398 e. The summed E-state index contributed by atoms with van der Waals surface area (Å²) in [5.41, 5.74) is 5.56. The highest BCUT2D eigenvalue weighted by molar-refractivity contribution is 7.93. The molecular weight excluding hydrogens is 318 g/mol. The Bertz CT molecular complexity index is 660. The van der Waals surface area contributed by atoms with Crippen molar-refractivity contribution in [1.29, 1.82) is 0 Å². The second-order valence-electron chi connectivity index (χ2n) is 4.22. The van der Waals surface area contributed by atoms with Crippen molar-refractivity contribution in [3.8, 4) is 0 Å². The van der Waals surface area contributed by atoms with Crippen LogP contribution < -0.4 is 16.4 Å². The molecule has 0 aliphatic rings. The van der Waals surface area contributed by atoms with Crippen LogP contribution in [-0.4, -0.2) is 32.2 Å². The van der Waals surface area contributed by atoms with E-state index in [1.807, 2.05) is 5.32 Å². The maximum atomic E-state index is 12.3. The second kappa shape index (κ2) is 6.77. The molecule has 21 heavy (non-hydrogen) atoms. The molecule has 1 rings (SSSR count). The molecule has 3 amide bonds. The molecule has 0 heterocycles. The van der Waals surface area contributed by atoms with Gasteiger partial charge in [-0.15, -0.1) is 0 Å². The Morgan fingerprint density at radius 2 is 2.00 bits per heavy atom. The molecule has 0 spiro atoms. The van der Waals surface area contributed by atoms with Gasteiger partial charge in [0.05, 0.1) is 10.6 Å². The Morgan fingerprint density at radius 1 is 1.38 bits per heavy atom. The summed E-state index contributed by atoms with van der Waals surface area (Å²) in [4.78, 5) is 22.9.